The number of hydrogen-bond acceptors (Lipinski definition) is 2. The Hall–Kier alpha value is -2.69. The van der Waals surface area contributed by atoms with Gasteiger partial charge >= 0.3 is 0 Å². The zero-order valence-corrected chi connectivity index (χ0v) is 9.85. The summed E-state index contributed by atoms with van der Waals surface area (Å²) in [5.41, 5.74) is 1.89. The largest absolute Gasteiger partial charge is 0.360 e. The van der Waals surface area contributed by atoms with Crippen molar-refractivity contribution in [3.05, 3.63) is 60.3 Å². The second-order valence-electron chi connectivity index (χ2n) is 4.07. The SMILES string of the molecule is O=C(Nc1ccc(F)nc1)c1c[nH]c2ccccc12. The van der Waals surface area contributed by atoms with E-state index in [1.54, 1.807) is 6.20 Å². The molecule has 0 fully saturated rings. The van der Waals surface area contributed by atoms with Crippen LogP contribution < -0.4 is 5.32 Å². The summed E-state index contributed by atoms with van der Waals surface area (Å²) in [6.07, 6.45) is 2.93. The summed E-state index contributed by atoms with van der Waals surface area (Å²) in [5.74, 6) is -0.837. The van der Waals surface area contributed by atoms with Gasteiger partial charge in [-0.1, -0.05) is 18.2 Å². The predicted octanol–water partition coefficient (Wildman–Crippen LogP) is 2.95. The van der Waals surface area contributed by atoms with Crippen molar-refractivity contribution in [2.75, 3.05) is 5.32 Å². The Kier molecular flexibility index (Phi) is 2.72. The number of aromatic amines is 1. The first-order valence-electron chi connectivity index (χ1n) is 5.73. The van der Waals surface area contributed by atoms with Crippen molar-refractivity contribution in [3.8, 4) is 0 Å². The van der Waals surface area contributed by atoms with Crippen LogP contribution in [0.15, 0.2) is 48.8 Å². The Labute approximate surface area is 108 Å². The molecule has 5 heteroatoms. The number of carbonyl (C=O) groups is 1. The van der Waals surface area contributed by atoms with E-state index in [4.69, 9.17) is 0 Å². The van der Waals surface area contributed by atoms with Crippen LogP contribution in [0.25, 0.3) is 10.9 Å². The van der Waals surface area contributed by atoms with E-state index in [0.717, 1.165) is 10.9 Å². The third-order valence-corrected chi connectivity index (χ3v) is 2.82. The van der Waals surface area contributed by atoms with E-state index < -0.39 is 5.95 Å². The summed E-state index contributed by atoms with van der Waals surface area (Å²) in [5, 5.41) is 3.52. The monoisotopic (exact) mass is 255 g/mol. The topological polar surface area (TPSA) is 57.8 Å². The molecule has 3 aromatic rings. The molecular weight excluding hydrogens is 245 g/mol. The number of H-pyrrole nitrogens is 1. The number of aromatic nitrogens is 2. The van der Waals surface area contributed by atoms with Crippen LogP contribution in [0, 0.1) is 5.95 Å². The summed E-state index contributed by atoms with van der Waals surface area (Å²) >= 11 is 0. The maximum Gasteiger partial charge on any atom is 0.257 e. The number of pyridine rings is 1. The van der Waals surface area contributed by atoms with Crippen molar-refractivity contribution in [2.24, 2.45) is 0 Å². The fourth-order valence-corrected chi connectivity index (χ4v) is 1.91. The van der Waals surface area contributed by atoms with E-state index in [-0.39, 0.29) is 5.91 Å². The number of hydrogen-bond donors (Lipinski definition) is 2. The minimum atomic E-state index is -0.579. The number of halogens is 1. The lowest BCUT2D eigenvalue weighted by Crippen LogP contribution is -2.11. The number of nitrogens with one attached hydrogen (secondary N) is 2. The van der Waals surface area contributed by atoms with Gasteiger partial charge in [-0.3, -0.25) is 4.79 Å². The van der Waals surface area contributed by atoms with Gasteiger partial charge in [-0.05, 0) is 18.2 Å². The van der Waals surface area contributed by atoms with Gasteiger partial charge in [0.1, 0.15) is 0 Å². The van der Waals surface area contributed by atoms with Gasteiger partial charge in [-0.2, -0.15) is 4.39 Å². The number of fused-ring (bicyclic) bond motifs is 1. The lowest BCUT2D eigenvalue weighted by atomic mass is 10.1. The molecule has 2 aromatic heterocycles. The van der Waals surface area contributed by atoms with E-state index >= 15 is 0 Å². The number of amides is 1. The molecule has 2 heterocycles. The van der Waals surface area contributed by atoms with Gasteiger partial charge in [-0.25, -0.2) is 4.98 Å². The average Bonchev–Trinajstić information content (AvgIpc) is 2.85. The summed E-state index contributed by atoms with van der Waals surface area (Å²) in [6.45, 7) is 0. The van der Waals surface area contributed by atoms with E-state index in [1.807, 2.05) is 24.3 Å². The van der Waals surface area contributed by atoms with Crippen molar-refractivity contribution in [2.45, 2.75) is 0 Å². The van der Waals surface area contributed by atoms with E-state index in [2.05, 4.69) is 15.3 Å². The number of nitrogens with zero attached hydrogens (tertiary/aromatic N) is 1. The van der Waals surface area contributed by atoms with Crippen LogP contribution in [0.5, 0.6) is 0 Å². The first-order valence-corrected chi connectivity index (χ1v) is 5.73. The molecule has 19 heavy (non-hydrogen) atoms. The number of anilines is 1. The molecule has 0 unspecified atom stereocenters. The van der Waals surface area contributed by atoms with Crippen LogP contribution in [0.2, 0.25) is 0 Å². The zero-order valence-electron chi connectivity index (χ0n) is 9.85. The van der Waals surface area contributed by atoms with Gasteiger partial charge in [0.05, 0.1) is 17.4 Å². The van der Waals surface area contributed by atoms with Crippen LogP contribution in [-0.4, -0.2) is 15.9 Å². The smallest absolute Gasteiger partial charge is 0.257 e. The molecule has 0 spiro atoms. The third kappa shape index (κ3) is 2.18. The minimum Gasteiger partial charge on any atom is -0.360 e. The van der Waals surface area contributed by atoms with Gasteiger partial charge in [0.15, 0.2) is 0 Å². The van der Waals surface area contributed by atoms with Crippen LogP contribution >= 0.6 is 0 Å². The number of carbonyl (C=O) groups excluding carboxylic acids is 1. The highest BCUT2D eigenvalue weighted by molar-refractivity contribution is 6.12. The van der Waals surface area contributed by atoms with Crippen LogP contribution in [-0.2, 0) is 0 Å². The molecule has 3 rings (SSSR count). The predicted molar refractivity (Wildman–Crippen MR) is 70.4 cm³/mol. The van der Waals surface area contributed by atoms with Crippen molar-refractivity contribution < 1.29 is 9.18 Å². The van der Waals surface area contributed by atoms with Crippen molar-refractivity contribution in [1.82, 2.24) is 9.97 Å². The van der Waals surface area contributed by atoms with Crippen molar-refractivity contribution >= 4 is 22.5 Å². The normalized spacial score (nSPS) is 10.6. The van der Waals surface area contributed by atoms with E-state index in [9.17, 15) is 9.18 Å². The van der Waals surface area contributed by atoms with E-state index in [0.29, 0.717) is 11.3 Å². The standard InChI is InChI=1S/C14H10FN3O/c15-13-6-5-9(7-17-13)18-14(19)11-8-16-12-4-2-1-3-10(11)12/h1-8,16H,(H,18,19). The third-order valence-electron chi connectivity index (χ3n) is 2.82. The number of para-hydroxylation sites is 1. The Morgan fingerprint density at radius 2 is 2.05 bits per heavy atom. The fraction of sp³-hybridized carbons (Fsp3) is 0. The maximum absolute atomic E-state index is 12.7. The van der Waals surface area contributed by atoms with Crippen molar-refractivity contribution in [1.29, 1.82) is 0 Å². The molecule has 0 bridgehead atoms. The molecule has 0 radical (unpaired) electrons. The zero-order chi connectivity index (χ0) is 13.2. The lowest BCUT2D eigenvalue weighted by molar-refractivity contribution is 0.102. The Balaban J connectivity index is 1.90. The van der Waals surface area contributed by atoms with Crippen LogP contribution in [0.3, 0.4) is 0 Å². The Bertz CT molecular complexity index is 734. The number of rotatable bonds is 2. The van der Waals surface area contributed by atoms with Gasteiger partial charge < -0.3 is 10.3 Å². The minimum absolute atomic E-state index is 0.258. The first kappa shape index (κ1) is 11.4. The second-order valence-corrected chi connectivity index (χ2v) is 4.07. The van der Waals surface area contributed by atoms with Gasteiger partial charge in [0.2, 0.25) is 5.95 Å². The van der Waals surface area contributed by atoms with Gasteiger partial charge in [-0.15, -0.1) is 0 Å². The van der Waals surface area contributed by atoms with Crippen molar-refractivity contribution in [3.63, 3.8) is 0 Å². The lowest BCUT2D eigenvalue weighted by Gasteiger charge is -2.03. The molecule has 0 aliphatic heterocycles. The molecule has 0 aliphatic carbocycles. The molecule has 1 amide bonds. The molecule has 0 saturated carbocycles. The molecule has 0 aliphatic rings. The van der Waals surface area contributed by atoms with Crippen LogP contribution in [0.4, 0.5) is 10.1 Å². The maximum atomic E-state index is 12.7. The summed E-state index contributed by atoms with van der Waals surface area (Å²) in [6, 6.07) is 10.2. The highest BCUT2D eigenvalue weighted by Gasteiger charge is 2.11. The quantitative estimate of drug-likeness (QED) is 0.692. The van der Waals surface area contributed by atoms with E-state index in [1.165, 1.54) is 18.3 Å². The molecule has 4 nitrogen and oxygen atoms in total. The molecule has 94 valence electrons. The second kappa shape index (κ2) is 4.53. The highest BCUT2D eigenvalue weighted by Crippen LogP contribution is 2.19. The van der Waals surface area contributed by atoms with Gasteiger partial charge in [0.25, 0.3) is 5.91 Å². The summed E-state index contributed by atoms with van der Waals surface area (Å²) in [7, 11) is 0. The van der Waals surface area contributed by atoms with Gasteiger partial charge in [0, 0.05) is 17.1 Å². The first-order chi connectivity index (χ1) is 9.24. The molecule has 1 aromatic carbocycles. The average molecular weight is 255 g/mol. The molecule has 0 atom stereocenters. The Morgan fingerprint density at radius 1 is 1.21 bits per heavy atom. The number of benzene rings is 1. The molecule has 2 N–H and O–H groups in total. The summed E-state index contributed by atoms with van der Waals surface area (Å²) in [4.78, 5) is 18.6. The van der Waals surface area contributed by atoms with Crippen LogP contribution in [0.1, 0.15) is 10.4 Å². The fourth-order valence-electron chi connectivity index (χ4n) is 1.91. The summed E-state index contributed by atoms with van der Waals surface area (Å²) < 4.78 is 12.7. The molecule has 0 saturated heterocycles. The highest BCUT2D eigenvalue weighted by atomic mass is 19.1. The Morgan fingerprint density at radius 3 is 2.84 bits per heavy atom. The molecular formula is C14H10FN3O.